The van der Waals surface area contributed by atoms with Crippen LogP contribution in [0.3, 0.4) is 0 Å². The molecule has 0 aromatic carbocycles. The Kier molecular flexibility index (Phi) is 4.21. The van der Waals surface area contributed by atoms with Crippen LogP contribution < -0.4 is 11.3 Å². The number of hydrogen-bond acceptors (Lipinski definition) is 4. The molecule has 2 heterocycles. The van der Waals surface area contributed by atoms with Gasteiger partial charge in [0, 0.05) is 15.3 Å². The van der Waals surface area contributed by atoms with Crippen LogP contribution in [0.2, 0.25) is 0 Å². The highest BCUT2D eigenvalue weighted by molar-refractivity contribution is 9.12. The minimum Gasteiger partial charge on any atom is -0.271 e. The molecule has 0 bridgehead atoms. The van der Waals surface area contributed by atoms with Gasteiger partial charge in [-0.3, -0.25) is 5.84 Å². The average molecular weight is 382 g/mol. The number of aryl methyl sites for hydroxylation is 1. The smallest absolute Gasteiger partial charge is 0.0822 e. The molecule has 0 spiro atoms. The number of halogens is 2. The molecule has 2 aromatic heterocycles. The largest absolute Gasteiger partial charge is 0.271 e. The summed E-state index contributed by atoms with van der Waals surface area (Å²) in [6.45, 7) is 2.10. The van der Waals surface area contributed by atoms with Gasteiger partial charge in [0.2, 0.25) is 0 Å². The van der Waals surface area contributed by atoms with Crippen molar-refractivity contribution >= 4 is 54.5 Å². The molecule has 0 aliphatic heterocycles. The molecule has 2 aromatic rings. The Hall–Kier alpha value is 0.280. The monoisotopic (exact) mass is 380 g/mol. The zero-order valence-corrected chi connectivity index (χ0v) is 13.3. The van der Waals surface area contributed by atoms with Crippen LogP contribution in [0.15, 0.2) is 25.8 Å². The quantitative estimate of drug-likeness (QED) is 0.617. The fraction of sp³-hybridized carbons (Fsp3) is 0.200. The van der Waals surface area contributed by atoms with E-state index in [-0.39, 0.29) is 6.04 Å². The lowest BCUT2D eigenvalue weighted by molar-refractivity contribution is 0.646. The maximum absolute atomic E-state index is 5.65. The molecule has 16 heavy (non-hydrogen) atoms. The van der Waals surface area contributed by atoms with Gasteiger partial charge in [-0.1, -0.05) is 0 Å². The average Bonchev–Trinajstić information content (AvgIpc) is 2.76. The molecule has 0 aliphatic carbocycles. The predicted molar refractivity (Wildman–Crippen MR) is 77.9 cm³/mol. The van der Waals surface area contributed by atoms with Crippen LogP contribution in [-0.2, 0) is 0 Å². The van der Waals surface area contributed by atoms with Crippen LogP contribution in [-0.4, -0.2) is 0 Å². The van der Waals surface area contributed by atoms with Gasteiger partial charge in [-0.15, -0.1) is 22.7 Å². The zero-order valence-electron chi connectivity index (χ0n) is 8.46. The Morgan fingerprint density at radius 3 is 2.50 bits per heavy atom. The summed E-state index contributed by atoms with van der Waals surface area (Å²) in [6, 6.07) is 6.37. The summed E-state index contributed by atoms with van der Waals surface area (Å²) >= 11 is 10.5. The molecular weight excluding hydrogens is 372 g/mol. The van der Waals surface area contributed by atoms with Crippen molar-refractivity contribution in [3.05, 3.63) is 41.1 Å². The van der Waals surface area contributed by atoms with Gasteiger partial charge in [-0.2, -0.15) is 0 Å². The maximum Gasteiger partial charge on any atom is 0.0822 e. The van der Waals surface area contributed by atoms with E-state index in [1.54, 1.807) is 22.7 Å². The van der Waals surface area contributed by atoms with Crippen molar-refractivity contribution in [1.82, 2.24) is 5.43 Å². The second-order valence-corrected chi connectivity index (χ2v) is 8.40. The first-order chi connectivity index (χ1) is 7.61. The second kappa shape index (κ2) is 5.29. The Morgan fingerprint density at radius 2 is 2.06 bits per heavy atom. The molecule has 6 heteroatoms. The first kappa shape index (κ1) is 12.7. The highest BCUT2D eigenvalue weighted by Crippen LogP contribution is 2.39. The normalized spacial score (nSPS) is 13.0. The van der Waals surface area contributed by atoms with E-state index in [1.165, 1.54) is 15.3 Å². The first-order valence-corrected chi connectivity index (χ1v) is 7.81. The van der Waals surface area contributed by atoms with E-state index in [0.29, 0.717) is 0 Å². The summed E-state index contributed by atoms with van der Waals surface area (Å²) in [5.74, 6) is 5.65. The third-order valence-electron chi connectivity index (χ3n) is 2.21. The molecule has 0 radical (unpaired) electrons. The Bertz CT molecular complexity index is 493. The molecule has 2 rings (SSSR count). The highest BCUT2D eigenvalue weighted by Gasteiger charge is 2.19. The lowest BCUT2D eigenvalue weighted by Crippen LogP contribution is -2.28. The Morgan fingerprint density at radius 1 is 1.31 bits per heavy atom. The summed E-state index contributed by atoms with van der Waals surface area (Å²) in [7, 11) is 0. The lowest BCUT2D eigenvalue weighted by atomic mass is 10.1. The number of thiophene rings is 2. The van der Waals surface area contributed by atoms with E-state index in [1.807, 2.05) is 0 Å². The van der Waals surface area contributed by atoms with Crippen LogP contribution >= 0.6 is 54.5 Å². The molecule has 1 atom stereocenters. The van der Waals surface area contributed by atoms with Gasteiger partial charge in [-0.25, -0.2) is 5.43 Å². The Balaban J connectivity index is 2.40. The van der Waals surface area contributed by atoms with E-state index in [9.17, 15) is 0 Å². The molecule has 0 saturated carbocycles. The molecule has 2 nitrogen and oxygen atoms in total. The van der Waals surface area contributed by atoms with E-state index < -0.39 is 0 Å². The van der Waals surface area contributed by atoms with E-state index in [0.717, 1.165) is 7.57 Å². The third kappa shape index (κ3) is 2.57. The second-order valence-electron chi connectivity index (χ2n) is 3.33. The first-order valence-electron chi connectivity index (χ1n) is 4.59. The minimum atomic E-state index is 0.0515. The lowest BCUT2D eigenvalue weighted by Gasteiger charge is -2.13. The van der Waals surface area contributed by atoms with Crippen molar-refractivity contribution in [2.24, 2.45) is 5.84 Å². The topological polar surface area (TPSA) is 38.0 Å². The minimum absolute atomic E-state index is 0.0515. The molecule has 0 amide bonds. The molecule has 0 saturated heterocycles. The fourth-order valence-electron chi connectivity index (χ4n) is 1.48. The molecule has 86 valence electrons. The van der Waals surface area contributed by atoms with Crippen LogP contribution in [0, 0.1) is 6.92 Å². The summed E-state index contributed by atoms with van der Waals surface area (Å²) < 4.78 is 2.20. The van der Waals surface area contributed by atoms with E-state index in [4.69, 9.17) is 5.84 Å². The SMILES string of the molecule is Cc1ccc(C(NN)c2cc(Br)sc2Br)s1. The van der Waals surface area contributed by atoms with Crippen molar-refractivity contribution in [1.29, 1.82) is 0 Å². The van der Waals surface area contributed by atoms with Gasteiger partial charge in [0.25, 0.3) is 0 Å². The number of hydrogen-bond donors (Lipinski definition) is 2. The van der Waals surface area contributed by atoms with Crippen LogP contribution in [0.5, 0.6) is 0 Å². The van der Waals surface area contributed by atoms with Gasteiger partial charge < -0.3 is 0 Å². The Labute approximate surface area is 119 Å². The summed E-state index contributed by atoms with van der Waals surface area (Å²) in [6.07, 6.45) is 0. The maximum atomic E-state index is 5.65. The van der Waals surface area contributed by atoms with Gasteiger partial charge in [0.1, 0.15) is 0 Å². The molecule has 3 N–H and O–H groups in total. The van der Waals surface area contributed by atoms with Crippen molar-refractivity contribution in [3.8, 4) is 0 Å². The van der Waals surface area contributed by atoms with Gasteiger partial charge in [-0.05, 0) is 57.0 Å². The third-order valence-corrected chi connectivity index (χ3v) is 5.66. The number of hydrazine groups is 1. The molecular formula is C10H10Br2N2S2. The number of nitrogens with two attached hydrogens (primary N) is 1. The van der Waals surface area contributed by atoms with Crippen LogP contribution in [0.1, 0.15) is 21.4 Å². The van der Waals surface area contributed by atoms with Gasteiger partial charge in [0.05, 0.1) is 13.6 Å². The van der Waals surface area contributed by atoms with E-state index in [2.05, 4.69) is 62.4 Å². The summed E-state index contributed by atoms with van der Waals surface area (Å²) in [5, 5.41) is 0. The number of rotatable bonds is 3. The van der Waals surface area contributed by atoms with Gasteiger partial charge >= 0.3 is 0 Å². The summed E-state index contributed by atoms with van der Waals surface area (Å²) in [5.41, 5.74) is 4.04. The molecule has 0 fully saturated rings. The highest BCUT2D eigenvalue weighted by atomic mass is 79.9. The van der Waals surface area contributed by atoms with Crippen molar-refractivity contribution < 1.29 is 0 Å². The summed E-state index contributed by atoms with van der Waals surface area (Å²) in [4.78, 5) is 2.52. The van der Waals surface area contributed by atoms with Crippen LogP contribution in [0.4, 0.5) is 0 Å². The van der Waals surface area contributed by atoms with E-state index >= 15 is 0 Å². The van der Waals surface area contributed by atoms with Crippen molar-refractivity contribution in [2.45, 2.75) is 13.0 Å². The molecule has 1 unspecified atom stereocenters. The van der Waals surface area contributed by atoms with Crippen molar-refractivity contribution in [2.75, 3.05) is 0 Å². The molecule has 0 aliphatic rings. The van der Waals surface area contributed by atoms with Crippen molar-refractivity contribution in [3.63, 3.8) is 0 Å². The standard InChI is InChI=1S/C10H10Br2N2S2/c1-5-2-3-7(15-5)9(14-13)6-4-8(11)16-10(6)12/h2-4,9,14H,13H2,1H3. The van der Waals surface area contributed by atoms with Gasteiger partial charge in [0.15, 0.2) is 0 Å². The zero-order chi connectivity index (χ0) is 11.7. The van der Waals surface area contributed by atoms with Crippen LogP contribution in [0.25, 0.3) is 0 Å². The fourth-order valence-corrected chi connectivity index (χ4v) is 5.34. The predicted octanol–water partition coefficient (Wildman–Crippen LogP) is 4.20. The number of nitrogens with one attached hydrogen (secondary N) is 1.